The molecule has 2 unspecified atom stereocenters. The highest BCUT2D eigenvalue weighted by molar-refractivity contribution is 5.16. The van der Waals surface area contributed by atoms with Crippen molar-refractivity contribution in [2.75, 3.05) is 19.6 Å². The van der Waals surface area contributed by atoms with Gasteiger partial charge in [0.25, 0.3) is 0 Å². The first kappa shape index (κ1) is 13.2. The summed E-state index contributed by atoms with van der Waals surface area (Å²) in [6.45, 7) is 7.47. The van der Waals surface area contributed by atoms with Crippen molar-refractivity contribution in [3.05, 3.63) is 23.7 Å². The van der Waals surface area contributed by atoms with E-state index in [2.05, 4.69) is 16.7 Å². The average Bonchev–Trinajstić information content (AvgIpc) is 2.87. The van der Waals surface area contributed by atoms with Crippen molar-refractivity contribution in [2.45, 2.75) is 51.4 Å². The Morgan fingerprint density at radius 1 is 1.37 bits per heavy atom. The number of nitrogens with two attached hydrogens (primary N) is 1. The van der Waals surface area contributed by atoms with Crippen molar-refractivity contribution in [3.63, 3.8) is 0 Å². The molecule has 0 radical (unpaired) electrons. The molecule has 106 valence electrons. The van der Waals surface area contributed by atoms with Crippen LogP contribution in [0.15, 0.2) is 16.7 Å². The van der Waals surface area contributed by atoms with Crippen LogP contribution in [0.25, 0.3) is 0 Å². The van der Waals surface area contributed by atoms with Crippen molar-refractivity contribution in [1.29, 1.82) is 0 Å². The fraction of sp³-hybridized carbons (Fsp3) is 0.733. The van der Waals surface area contributed by atoms with Crippen LogP contribution in [-0.2, 0) is 13.1 Å². The first-order chi connectivity index (χ1) is 9.28. The highest BCUT2D eigenvalue weighted by atomic mass is 16.3. The van der Waals surface area contributed by atoms with Gasteiger partial charge >= 0.3 is 0 Å². The Kier molecular flexibility index (Phi) is 3.91. The van der Waals surface area contributed by atoms with E-state index in [4.69, 9.17) is 10.2 Å². The summed E-state index contributed by atoms with van der Waals surface area (Å²) in [6, 6.07) is 3.35. The predicted octanol–water partition coefficient (Wildman–Crippen LogP) is 1.80. The number of piperidine rings is 1. The highest BCUT2D eigenvalue weighted by Gasteiger charge is 2.33. The van der Waals surface area contributed by atoms with Crippen LogP contribution in [0.5, 0.6) is 0 Å². The van der Waals surface area contributed by atoms with Crippen molar-refractivity contribution in [3.8, 4) is 0 Å². The number of piperazine rings is 1. The van der Waals surface area contributed by atoms with Crippen LogP contribution in [0, 0.1) is 0 Å². The molecule has 0 amide bonds. The SMILES string of the molecule is CC1CN2CCCCC2CN1Cc1occc1CN. The largest absolute Gasteiger partial charge is 0.468 e. The standard InChI is InChI=1S/C15H25N3O/c1-12-9-17-6-3-2-4-14(17)10-18(12)11-15-13(8-16)5-7-19-15/h5,7,12,14H,2-4,6,8-11,16H2,1H3. The first-order valence-corrected chi connectivity index (χ1v) is 7.51. The molecule has 1 aromatic rings. The predicted molar refractivity (Wildman–Crippen MR) is 75.7 cm³/mol. The molecule has 4 heteroatoms. The maximum atomic E-state index is 5.75. The van der Waals surface area contributed by atoms with Crippen molar-refractivity contribution >= 4 is 0 Å². The Morgan fingerprint density at radius 2 is 2.26 bits per heavy atom. The van der Waals surface area contributed by atoms with E-state index >= 15 is 0 Å². The normalized spacial score (nSPS) is 29.4. The van der Waals surface area contributed by atoms with E-state index in [1.165, 1.54) is 38.9 Å². The minimum absolute atomic E-state index is 0.573. The number of furan rings is 1. The zero-order valence-corrected chi connectivity index (χ0v) is 11.8. The van der Waals surface area contributed by atoms with E-state index in [1.807, 2.05) is 6.07 Å². The summed E-state index contributed by atoms with van der Waals surface area (Å²) in [6.07, 6.45) is 5.88. The Morgan fingerprint density at radius 3 is 3.11 bits per heavy atom. The summed E-state index contributed by atoms with van der Waals surface area (Å²) in [5, 5.41) is 0. The summed E-state index contributed by atoms with van der Waals surface area (Å²) in [5.74, 6) is 1.05. The van der Waals surface area contributed by atoms with Gasteiger partial charge in [0.1, 0.15) is 5.76 Å². The van der Waals surface area contributed by atoms with Crippen LogP contribution >= 0.6 is 0 Å². The van der Waals surface area contributed by atoms with Crippen molar-refractivity contribution in [1.82, 2.24) is 9.80 Å². The molecule has 0 spiro atoms. The van der Waals surface area contributed by atoms with Gasteiger partial charge < -0.3 is 10.2 Å². The number of hydrogen-bond acceptors (Lipinski definition) is 4. The van der Waals surface area contributed by atoms with Gasteiger partial charge in [-0.25, -0.2) is 0 Å². The van der Waals surface area contributed by atoms with E-state index in [-0.39, 0.29) is 0 Å². The lowest BCUT2D eigenvalue weighted by atomic mass is 9.97. The molecule has 1 aromatic heterocycles. The lowest BCUT2D eigenvalue weighted by Crippen LogP contribution is -2.58. The fourth-order valence-corrected chi connectivity index (χ4v) is 3.51. The Bertz CT molecular complexity index is 417. The molecule has 2 aliphatic rings. The molecule has 3 heterocycles. The van der Waals surface area contributed by atoms with Gasteiger partial charge in [-0.1, -0.05) is 6.42 Å². The molecule has 2 fully saturated rings. The maximum Gasteiger partial charge on any atom is 0.122 e. The fourth-order valence-electron chi connectivity index (χ4n) is 3.51. The van der Waals surface area contributed by atoms with E-state index in [9.17, 15) is 0 Å². The van der Waals surface area contributed by atoms with Crippen LogP contribution in [-0.4, -0.2) is 41.5 Å². The van der Waals surface area contributed by atoms with Gasteiger partial charge in [0.15, 0.2) is 0 Å². The van der Waals surface area contributed by atoms with Crippen LogP contribution in [0.2, 0.25) is 0 Å². The molecular formula is C15H25N3O. The van der Waals surface area contributed by atoms with E-state index in [1.54, 1.807) is 6.26 Å². The Labute approximate surface area is 115 Å². The van der Waals surface area contributed by atoms with E-state index < -0.39 is 0 Å². The molecule has 3 rings (SSSR count). The minimum atomic E-state index is 0.573. The molecule has 0 bridgehead atoms. The molecule has 2 atom stereocenters. The quantitative estimate of drug-likeness (QED) is 0.903. The smallest absolute Gasteiger partial charge is 0.122 e. The van der Waals surface area contributed by atoms with Gasteiger partial charge in [-0.2, -0.15) is 0 Å². The molecule has 2 saturated heterocycles. The third-order valence-electron chi connectivity index (χ3n) is 4.72. The lowest BCUT2D eigenvalue weighted by Gasteiger charge is -2.47. The van der Waals surface area contributed by atoms with Crippen LogP contribution in [0.3, 0.4) is 0 Å². The molecule has 0 saturated carbocycles. The molecular weight excluding hydrogens is 238 g/mol. The molecule has 19 heavy (non-hydrogen) atoms. The summed E-state index contributed by atoms with van der Waals surface area (Å²) < 4.78 is 5.61. The number of fused-ring (bicyclic) bond motifs is 1. The monoisotopic (exact) mass is 263 g/mol. The second-order valence-electron chi connectivity index (χ2n) is 6.00. The van der Waals surface area contributed by atoms with Crippen molar-refractivity contribution < 1.29 is 4.42 Å². The molecule has 2 aliphatic heterocycles. The second-order valence-corrected chi connectivity index (χ2v) is 6.00. The summed E-state index contributed by atoms with van der Waals surface area (Å²) in [5.41, 5.74) is 6.91. The first-order valence-electron chi connectivity index (χ1n) is 7.51. The topological polar surface area (TPSA) is 45.6 Å². The van der Waals surface area contributed by atoms with E-state index in [0.29, 0.717) is 12.6 Å². The third kappa shape index (κ3) is 2.71. The van der Waals surface area contributed by atoms with Crippen LogP contribution in [0.1, 0.15) is 37.5 Å². The highest BCUT2D eigenvalue weighted by Crippen LogP contribution is 2.25. The molecule has 2 N–H and O–H groups in total. The number of hydrogen-bond donors (Lipinski definition) is 1. The van der Waals surface area contributed by atoms with Gasteiger partial charge in [-0.15, -0.1) is 0 Å². The zero-order chi connectivity index (χ0) is 13.2. The van der Waals surface area contributed by atoms with Crippen LogP contribution in [0.4, 0.5) is 0 Å². The lowest BCUT2D eigenvalue weighted by molar-refractivity contribution is 0.00790. The second kappa shape index (κ2) is 5.65. The van der Waals surface area contributed by atoms with Gasteiger partial charge in [0, 0.05) is 37.3 Å². The Balaban J connectivity index is 1.67. The molecule has 4 nitrogen and oxygen atoms in total. The van der Waals surface area contributed by atoms with Gasteiger partial charge in [0.05, 0.1) is 12.8 Å². The maximum absolute atomic E-state index is 5.75. The van der Waals surface area contributed by atoms with Crippen LogP contribution < -0.4 is 5.73 Å². The average molecular weight is 263 g/mol. The van der Waals surface area contributed by atoms with E-state index in [0.717, 1.165) is 23.9 Å². The summed E-state index contributed by atoms with van der Waals surface area (Å²) in [4.78, 5) is 5.24. The molecule has 0 aromatic carbocycles. The summed E-state index contributed by atoms with van der Waals surface area (Å²) >= 11 is 0. The molecule has 0 aliphatic carbocycles. The van der Waals surface area contributed by atoms with Gasteiger partial charge in [0.2, 0.25) is 0 Å². The number of rotatable bonds is 3. The third-order valence-corrected chi connectivity index (χ3v) is 4.72. The van der Waals surface area contributed by atoms with Gasteiger partial charge in [-0.05, 0) is 32.4 Å². The minimum Gasteiger partial charge on any atom is -0.468 e. The summed E-state index contributed by atoms with van der Waals surface area (Å²) in [7, 11) is 0. The van der Waals surface area contributed by atoms with Crippen molar-refractivity contribution in [2.24, 2.45) is 5.73 Å². The number of nitrogens with zero attached hydrogens (tertiary/aromatic N) is 2. The Hall–Kier alpha value is -0.840. The zero-order valence-electron chi connectivity index (χ0n) is 11.8. The van der Waals surface area contributed by atoms with Gasteiger partial charge in [-0.3, -0.25) is 9.80 Å².